The zero-order chi connectivity index (χ0) is 32.4. The van der Waals surface area contributed by atoms with E-state index < -0.39 is 6.04 Å². The summed E-state index contributed by atoms with van der Waals surface area (Å²) < 4.78 is 11.7. The number of ether oxygens (including phenoxy) is 2. The van der Waals surface area contributed by atoms with Gasteiger partial charge in [-0.3, -0.25) is 26.0 Å². The van der Waals surface area contributed by atoms with Crippen molar-refractivity contribution in [2.24, 2.45) is 11.5 Å². The highest BCUT2D eigenvalue weighted by Gasteiger charge is 2.20. The summed E-state index contributed by atoms with van der Waals surface area (Å²) in [6, 6.07) is 33.7. The van der Waals surface area contributed by atoms with E-state index in [0.29, 0.717) is 37.3 Å². The van der Waals surface area contributed by atoms with Crippen LogP contribution in [-0.2, 0) is 17.8 Å². The van der Waals surface area contributed by atoms with E-state index >= 15 is 0 Å². The smallest absolute Gasteiger partial charge is 0.339 e. The second-order valence-corrected chi connectivity index (χ2v) is 11.3. The van der Waals surface area contributed by atoms with Crippen molar-refractivity contribution in [3.05, 3.63) is 131 Å². The van der Waals surface area contributed by atoms with Crippen LogP contribution in [0.25, 0.3) is 0 Å². The van der Waals surface area contributed by atoms with Crippen LogP contribution in [0.3, 0.4) is 0 Å². The lowest BCUT2D eigenvalue weighted by molar-refractivity contribution is -0.489. The van der Waals surface area contributed by atoms with Gasteiger partial charge in [-0.25, -0.2) is 0 Å². The van der Waals surface area contributed by atoms with Crippen LogP contribution in [0.1, 0.15) is 65.6 Å². The third kappa shape index (κ3) is 11.8. The zero-order valence-electron chi connectivity index (χ0n) is 26.3. The highest BCUT2D eigenvalue weighted by Crippen LogP contribution is 2.19. The van der Waals surface area contributed by atoms with E-state index in [-0.39, 0.29) is 17.6 Å². The molecule has 0 heterocycles. The molecule has 8 nitrogen and oxygen atoms in total. The number of amides is 1. The minimum atomic E-state index is -0.612. The number of nitrogens with two attached hydrogens (primary N) is 2. The molecule has 0 unspecified atom stereocenters. The summed E-state index contributed by atoms with van der Waals surface area (Å²) in [5.41, 5.74) is 14.6. The van der Waals surface area contributed by atoms with E-state index in [2.05, 4.69) is 10.3 Å². The Morgan fingerprint density at radius 2 is 1.20 bits per heavy atom. The number of unbranched alkanes of at least 4 members (excludes halogenated alkanes) is 5. The maximum absolute atomic E-state index is 12.9. The van der Waals surface area contributed by atoms with Crippen molar-refractivity contribution in [2.45, 2.75) is 57.6 Å². The topological polar surface area (TPSA) is 131 Å². The van der Waals surface area contributed by atoms with E-state index in [1.165, 1.54) is 0 Å². The largest absolute Gasteiger partial charge is 0.494 e. The van der Waals surface area contributed by atoms with Crippen molar-refractivity contribution >= 4 is 17.6 Å². The summed E-state index contributed by atoms with van der Waals surface area (Å²) in [6.45, 7) is 1.81. The molecule has 240 valence electrons. The zero-order valence-corrected chi connectivity index (χ0v) is 26.3. The Morgan fingerprint density at radius 1 is 0.630 bits per heavy atom. The first-order valence-corrected chi connectivity index (χ1v) is 16.0. The fourth-order valence-corrected chi connectivity index (χ4v) is 5.03. The van der Waals surface area contributed by atoms with Gasteiger partial charge in [-0.05, 0) is 48.2 Å². The maximum Gasteiger partial charge on any atom is 0.339 e. The van der Waals surface area contributed by atoms with Crippen molar-refractivity contribution in [1.29, 1.82) is 0 Å². The number of hydrogen-bond acceptors (Lipinski definition) is 4. The minimum absolute atomic E-state index is 0.00938. The summed E-state index contributed by atoms with van der Waals surface area (Å²) >= 11 is 0. The number of benzene rings is 4. The Bertz CT molecular complexity index is 1500. The van der Waals surface area contributed by atoms with Gasteiger partial charge in [0, 0.05) is 24.1 Å². The van der Waals surface area contributed by atoms with Crippen molar-refractivity contribution in [2.75, 3.05) is 13.2 Å². The van der Waals surface area contributed by atoms with Gasteiger partial charge in [0.1, 0.15) is 18.1 Å². The van der Waals surface area contributed by atoms with Crippen LogP contribution in [0.4, 0.5) is 0 Å². The molecule has 0 aromatic heterocycles. The lowest BCUT2D eigenvalue weighted by atomic mass is 9.99. The number of hydrogen-bond donors (Lipinski definition) is 4. The molecule has 0 spiro atoms. The number of carbonyl (C=O) groups is 2. The molecule has 0 saturated carbocycles. The van der Waals surface area contributed by atoms with Gasteiger partial charge in [0.15, 0.2) is 11.8 Å². The molecule has 0 aliphatic carbocycles. The highest BCUT2D eigenvalue weighted by atomic mass is 16.5. The molecule has 0 bridgehead atoms. The third-order valence-corrected chi connectivity index (χ3v) is 7.56. The number of carbonyl (C=O) groups excluding carboxylic acids is 2. The second-order valence-electron chi connectivity index (χ2n) is 11.3. The SMILES string of the molecule is NC(N)=[NH+][C@@H](Cc1ccc(C(=O)c2ccccc2)cc1)C(=O)NCCCCCCCCOc1ccc(OCc2ccccc2)cc1. The van der Waals surface area contributed by atoms with Crippen LogP contribution in [-0.4, -0.2) is 36.8 Å². The van der Waals surface area contributed by atoms with Crippen LogP contribution >= 0.6 is 0 Å². The molecule has 0 fully saturated rings. The Morgan fingerprint density at radius 3 is 1.85 bits per heavy atom. The quantitative estimate of drug-likeness (QED) is 0.0535. The Balaban J connectivity index is 1.06. The molecular weight excluding hydrogens is 576 g/mol. The average Bonchev–Trinajstić information content (AvgIpc) is 3.09. The number of nitrogens with one attached hydrogen (secondary N) is 2. The van der Waals surface area contributed by atoms with Crippen LogP contribution in [0, 0.1) is 0 Å². The van der Waals surface area contributed by atoms with Crippen LogP contribution < -0.4 is 31.3 Å². The normalized spacial score (nSPS) is 11.3. The molecule has 6 N–H and O–H groups in total. The average molecular weight is 622 g/mol. The van der Waals surface area contributed by atoms with Crippen LogP contribution in [0.5, 0.6) is 11.5 Å². The van der Waals surface area contributed by atoms with Crippen molar-refractivity contribution in [1.82, 2.24) is 5.32 Å². The first-order valence-electron chi connectivity index (χ1n) is 16.0. The van der Waals surface area contributed by atoms with Gasteiger partial charge in [0.05, 0.1) is 6.61 Å². The molecule has 8 heteroatoms. The Labute approximate surface area is 271 Å². The molecule has 1 amide bonds. The van der Waals surface area contributed by atoms with Crippen molar-refractivity contribution < 1.29 is 24.1 Å². The molecule has 4 rings (SSSR count). The molecule has 4 aromatic carbocycles. The van der Waals surface area contributed by atoms with Gasteiger partial charge in [-0.2, -0.15) is 0 Å². The van der Waals surface area contributed by atoms with Gasteiger partial charge < -0.3 is 14.8 Å². The number of rotatable bonds is 19. The van der Waals surface area contributed by atoms with E-state index in [1.807, 2.05) is 84.9 Å². The van der Waals surface area contributed by atoms with Crippen molar-refractivity contribution in [3.63, 3.8) is 0 Å². The lowest BCUT2D eigenvalue weighted by Crippen LogP contribution is -2.87. The molecule has 0 aliphatic heterocycles. The summed E-state index contributed by atoms with van der Waals surface area (Å²) in [6.07, 6.45) is 6.62. The molecule has 4 aromatic rings. The van der Waals surface area contributed by atoms with Gasteiger partial charge in [-0.1, -0.05) is 111 Å². The predicted octanol–water partition coefficient (Wildman–Crippen LogP) is 4.30. The van der Waals surface area contributed by atoms with E-state index in [1.54, 1.807) is 24.3 Å². The predicted molar refractivity (Wildman–Crippen MR) is 182 cm³/mol. The van der Waals surface area contributed by atoms with Gasteiger partial charge >= 0.3 is 5.96 Å². The molecule has 46 heavy (non-hydrogen) atoms. The molecule has 0 radical (unpaired) electrons. The lowest BCUT2D eigenvalue weighted by Gasteiger charge is -2.13. The third-order valence-electron chi connectivity index (χ3n) is 7.56. The summed E-state index contributed by atoms with van der Waals surface area (Å²) in [5, 5.41) is 3.00. The monoisotopic (exact) mass is 621 g/mol. The number of ketones is 1. The van der Waals surface area contributed by atoms with Gasteiger partial charge in [-0.15, -0.1) is 0 Å². The summed E-state index contributed by atoms with van der Waals surface area (Å²) in [7, 11) is 0. The summed E-state index contributed by atoms with van der Waals surface area (Å²) in [4.78, 5) is 28.5. The molecular formula is C38H45N4O4+. The van der Waals surface area contributed by atoms with E-state index in [4.69, 9.17) is 20.9 Å². The molecule has 0 aliphatic rings. The van der Waals surface area contributed by atoms with Gasteiger partial charge in [0.2, 0.25) is 0 Å². The fourth-order valence-electron chi connectivity index (χ4n) is 5.03. The van der Waals surface area contributed by atoms with Gasteiger partial charge in [0.25, 0.3) is 5.91 Å². The fraction of sp³-hybridized carbons (Fsp3) is 0.289. The van der Waals surface area contributed by atoms with Crippen molar-refractivity contribution in [3.8, 4) is 11.5 Å². The van der Waals surface area contributed by atoms with E-state index in [0.717, 1.165) is 61.2 Å². The molecule has 0 saturated heterocycles. The highest BCUT2D eigenvalue weighted by molar-refractivity contribution is 6.08. The Hall–Kier alpha value is -5.11. The summed E-state index contributed by atoms with van der Waals surface area (Å²) in [5.74, 6) is 1.46. The first-order chi connectivity index (χ1) is 22.5. The Kier molecular flexibility index (Phi) is 13.7. The van der Waals surface area contributed by atoms with E-state index in [9.17, 15) is 9.59 Å². The minimum Gasteiger partial charge on any atom is -0.494 e. The van der Waals surface area contributed by atoms with Crippen LogP contribution in [0.2, 0.25) is 0 Å². The second kappa shape index (κ2) is 18.6. The standard InChI is InChI=1S/C38H44N4O4/c39-38(40)42-35(27-29-17-19-32(20-18-29)36(43)31-15-9-6-10-16-31)37(44)41-25-11-3-1-2-4-12-26-45-33-21-23-34(24-22-33)46-28-30-13-7-5-8-14-30/h5-10,13-24,35H,1-4,11-12,25-28H2,(H,41,44)(H4,39,40,42)/p+1/t35-/m0/s1. The molecule has 1 atom stereocenters. The number of guanidine groups is 1. The maximum atomic E-state index is 12.9. The first kappa shape index (κ1) is 33.8. The van der Waals surface area contributed by atoms with Crippen LogP contribution in [0.15, 0.2) is 109 Å².